The summed E-state index contributed by atoms with van der Waals surface area (Å²) in [5.41, 5.74) is 7.56. The monoisotopic (exact) mass is 458 g/mol. The van der Waals surface area contributed by atoms with Gasteiger partial charge in [0, 0.05) is 30.4 Å². The van der Waals surface area contributed by atoms with E-state index in [1.807, 2.05) is 0 Å². The summed E-state index contributed by atoms with van der Waals surface area (Å²) < 4.78 is 6.94. The molecular weight excluding hydrogens is 432 g/mol. The Morgan fingerprint density at radius 1 is 1.16 bits per heavy atom. The second kappa shape index (κ2) is 10.2. The van der Waals surface area contributed by atoms with Crippen LogP contribution in [0.2, 0.25) is 5.02 Å². The number of aliphatic hydroxyl groups is 1. The Kier molecular flexibility index (Phi) is 7.19. The van der Waals surface area contributed by atoms with Gasteiger partial charge in [-0.25, -0.2) is 14.5 Å². The summed E-state index contributed by atoms with van der Waals surface area (Å²) in [7, 11) is 0. The molecule has 1 aliphatic carbocycles. The van der Waals surface area contributed by atoms with E-state index in [9.17, 15) is 4.79 Å². The van der Waals surface area contributed by atoms with Crippen molar-refractivity contribution >= 4 is 28.8 Å². The van der Waals surface area contributed by atoms with Crippen LogP contribution in [0.3, 0.4) is 0 Å². The van der Waals surface area contributed by atoms with E-state index in [0.717, 1.165) is 18.4 Å². The van der Waals surface area contributed by atoms with Gasteiger partial charge in [0.15, 0.2) is 5.82 Å². The molecule has 3 N–H and O–H groups in total. The van der Waals surface area contributed by atoms with Crippen molar-refractivity contribution in [2.45, 2.75) is 38.2 Å². The number of hydrogen-bond donors (Lipinski definition) is 2. The zero-order valence-corrected chi connectivity index (χ0v) is 18.5. The molecule has 1 saturated heterocycles. The van der Waals surface area contributed by atoms with Crippen LogP contribution in [0.4, 0.5) is 5.82 Å². The lowest BCUT2D eigenvalue weighted by atomic mass is 9.98. The minimum absolute atomic E-state index is 0.0359. The van der Waals surface area contributed by atoms with Gasteiger partial charge in [-0.2, -0.15) is 5.10 Å². The van der Waals surface area contributed by atoms with E-state index in [-0.39, 0.29) is 23.5 Å². The molecule has 10 heteroatoms. The number of aliphatic hydroxyl groups excluding tert-OH is 1. The molecule has 4 heterocycles. The fourth-order valence-corrected chi connectivity index (χ4v) is 3.99. The number of carbonyl (C=O) groups excluding carboxylic acids is 1. The van der Waals surface area contributed by atoms with Crippen LogP contribution < -0.4 is 5.73 Å². The molecule has 0 atom stereocenters. The van der Waals surface area contributed by atoms with Crippen molar-refractivity contribution < 1.29 is 14.6 Å². The molecule has 0 bridgehead atoms. The molecule has 1 amide bonds. The molecule has 2 fully saturated rings. The van der Waals surface area contributed by atoms with Crippen LogP contribution in [0.25, 0.3) is 16.9 Å². The number of nitrogen functional groups attached to an aromatic ring is 1. The van der Waals surface area contributed by atoms with E-state index in [1.165, 1.54) is 25.3 Å². The van der Waals surface area contributed by atoms with Gasteiger partial charge in [0.05, 0.1) is 36.6 Å². The maximum Gasteiger partial charge on any atom is 0.272 e. The predicted molar refractivity (Wildman–Crippen MR) is 121 cm³/mol. The fraction of sp³-hybridized carbons (Fsp3) is 0.455. The van der Waals surface area contributed by atoms with Gasteiger partial charge in [0.2, 0.25) is 0 Å². The van der Waals surface area contributed by atoms with Gasteiger partial charge in [-0.05, 0) is 25.0 Å². The van der Waals surface area contributed by atoms with Gasteiger partial charge >= 0.3 is 0 Å². The predicted octanol–water partition coefficient (Wildman–Crippen LogP) is 2.81. The topological polar surface area (TPSA) is 119 Å². The number of pyridine rings is 1. The minimum atomic E-state index is -0.187. The van der Waals surface area contributed by atoms with Gasteiger partial charge < -0.3 is 20.5 Å². The number of amides is 1. The highest BCUT2D eigenvalue weighted by Gasteiger charge is 2.22. The third kappa shape index (κ3) is 5.35. The van der Waals surface area contributed by atoms with Crippen LogP contribution in [0.5, 0.6) is 0 Å². The Balaban J connectivity index is 0.000000300. The van der Waals surface area contributed by atoms with Crippen molar-refractivity contribution in [2.75, 3.05) is 32.0 Å². The van der Waals surface area contributed by atoms with Crippen LogP contribution in [0.15, 0.2) is 30.6 Å². The first-order valence-electron chi connectivity index (χ1n) is 10.8. The molecule has 0 aromatic carbocycles. The molecule has 0 unspecified atom stereocenters. The first-order valence-corrected chi connectivity index (χ1v) is 11.2. The summed E-state index contributed by atoms with van der Waals surface area (Å²) in [5, 5.41) is 13.7. The molecule has 5 rings (SSSR count). The highest BCUT2D eigenvalue weighted by Crippen LogP contribution is 2.25. The largest absolute Gasteiger partial charge is 0.393 e. The molecule has 0 spiro atoms. The second-order valence-electron chi connectivity index (χ2n) is 7.93. The Morgan fingerprint density at radius 3 is 2.59 bits per heavy atom. The lowest BCUT2D eigenvalue weighted by molar-refractivity contribution is 0.0299. The number of anilines is 1. The van der Waals surface area contributed by atoms with Crippen molar-refractivity contribution in [1.29, 1.82) is 0 Å². The van der Waals surface area contributed by atoms with E-state index in [1.54, 1.807) is 33.9 Å². The Morgan fingerprint density at radius 2 is 1.91 bits per heavy atom. The maximum absolute atomic E-state index is 12.7. The lowest BCUT2D eigenvalue weighted by Crippen LogP contribution is -2.41. The van der Waals surface area contributed by atoms with Gasteiger partial charge in [-0.15, -0.1) is 0 Å². The number of fused-ring (bicyclic) bond motifs is 1. The van der Waals surface area contributed by atoms with Gasteiger partial charge in [-0.3, -0.25) is 4.79 Å². The number of halogens is 1. The normalized spacial score (nSPS) is 17.1. The van der Waals surface area contributed by atoms with Gasteiger partial charge in [-0.1, -0.05) is 30.9 Å². The van der Waals surface area contributed by atoms with Crippen LogP contribution in [-0.2, 0) is 4.74 Å². The van der Waals surface area contributed by atoms with E-state index < -0.39 is 0 Å². The average molecular weight is 459 g/mol. The van der Waals surface area contributed by atoms with Crippen molar-refractivity contribution in [1.82, 2.24) is 24.5 Å². The van der Waals surface area contributed by atoms with Gasteiger partial charge in [0.25, 0.3) is 5.91 Å². The Labute approximate surface area is 191 Å². The zero-order chi connectivity index (χ0) is 22.5. The average Bonchev–Trinajstić information content (AvgIpc) is 3.23. The molecule has 2 aliphatic rings. The number of nitrogens with zero attached hydrogens (tertiary/aromatic N) is 5. The van der Waals surface area contributed by atoms with Crippen LogP contribution in [0.1, 0.15) is 42.6 Å². The van der Waals surface area contributed by atoms with Crippen LogP contribution >= 0.6 is 11.6 Å². The molecule has 170 valence electrons. The van der Waals surface area contributed by atoms with Crippen LogP contribution in [0, 0.1) is 0 Å². The van der Waals surface area contributed by atoms with Crippen LogP contribution in [-0.4, -0.2) is 67.9 Å². The van der Waals surface area contributed by atoms with Crippen molar-refractivity contribution in [3.05, 3.63) is 41.3 Å². The molecule has 9 nitrogen and oxygen atoms in total. The number of nitrogens with two attached hydrogens (primary N) is 1. The Hall–Kier alpha value is -2.75. The first-order chi connectivity index (χ1) is 15.5. The number of morpholine rings is 1. The van der Waals surface area contributed by atoms with Crippen molar-refractivity contribution in [3.63, 3.8) is 0 Å². The number of aromatic nitrogens is 4. The third-order valence-corrected chi connectivity index (χ3v) is 5.80. The summed E-state index contributed by atoms with van der Waals surface area (Å²) in [6.07, 6.45) is 9.30. The highest BCUT2D eigenvalue weighted by molar-refractivity contribution is 6.31. The standard InChI is InChI=1S/C16H15ClN6O2.C6H12O/c17-10-1-2-23-13(7-10)11(9-19-23)15-20-12(8-14(18)21-15)16(24)22-3-5-25-6-4-22;7-6-4-2-1-3-5-6/h1-2,7-9H,3-6H2,(H2,18,20,21);6-7H,1-5H2. The number of carbonyl (C=O) groups is 1. The fourth-order valence-electron chi connectivity index (χ4n) is 3.83. The highest BCUT2D eigenvalue weighted by atomic mass is 35.5. The molecule has 3 aromatic rings. The lowest BCUT2D eigenvalue weighted by Gasteiger charge is -2.26. The molecule has 32 heavy (non-hydrogen) atoms. The molecule has 1 aliphatic heterocycles. The number of rotatable bonds is 2. The van der Waals surface area contributed by atoms with E-state index >= 15 is 0 Å². The van der Waals surface area contributed by atoms with Crippen molar-refractivity contribution in [3.8, 4) is 11.4 Å². The van der Waals surface area contributed by atoms with E-state index in [2.05, 4.69) is 15.1 Å². The minimum Gasteiger partial charge on any atom is -0.393 e. The van der Waals surface area contributed by atoms with E-state index in [4.69, 9.17) is 27.2 Å². The van der Waals surface area contributed by atoms with E-state index in [0.29, 0.717) is 42.7 Å². The zero-order valence-electron chi connectivity index (χ0n) is 17.8. The molecule has 0 radical (unpaired) electrons. The second-order valence-corrected chi connectivity index (χ2v) is 8.37. The molecular formula is C22H27ClN6O3. The summed E-state index contributed by atoms with van der Waals surface area (Å²) in [5.74, 6) is 0.380. The van der Waals surface area contributed by atoms with Gasteiger partial charge in [0.1, 0.15) is 11.5 Å². The third-order valence-electron chi connectivity index (χ3n) is 5.56. The summed E-state index contributed by atoms with van der Waals surface area (Å²) in [4.78, 5) is 23.0. The summed E-state index contributed by atoms with van der Waals surface area (Å²) >= 11 is 6.07. The summed E-state index contributed by atoms with van der Waals surface area (Å²) in [6, 6.07) is 4.98. The smallest absolute Gasteiger partial charge is 0.272 e. The molecule has 1 saturated carbocycles. The molecule has 3 aromatic heterocycles. The number of ether oxygens (including phenoxy) is 1. The quantitative estimate of drug-likeness (QED) is 0.605. The summed E-state index contributed by atoms with van der Waals surface area (Å²) in [6.45, 7) is 2.10. The number of hydrogen-bond acceptors (Lipinski definition) is 7. The van der Waals surface area contributed by atoms with Crippen molar-refractivity contribution in [2.24, 2.45) is 0 Å². The Bertz CT molecular complexity index is 1080. The first kappa shape index (κ1) is 22.4. The SMILES string of the molecule is Nc1cc(C(=O)N2CCOCC2)nc(-c2cnn3ccc(Cl)cc23)n1.OC1CCCCC1. The maximum atomic E-state index is 12.7.